The molecule has 53 valence electrons. The van der Waals surface area contributed by atoms with Gasteiger partial charge in [-0.1, -0.05) is 17.7 Å². The first-order chi connectivity index (χ1) is 4.74. The Morgan fingerprint density at radius 2 is 2.00 bits per heavy atom. The van der Waals surface area contributed by atoms with Crippen molar-refractivity contribution in [2.75, 3.05) is 0 Å². The molecule has 0 aromatic heterocycles. The highest BCUT2D eigenvalue weighted by Gasteiger charge is 1.94. The molecular formula is C9H11O. The second-order valence-corrected chi connectivity index (χ2v) is 2.41. The van der Waals surface area contributed by atoms with E-state index < -0.39 is 0 Å². The third-order valence-corrected chi connectivity index (χ3v) is 1.49. The fraction of sp³-hybridized carbons (Fsp3) is 0.222. The van der Waals surface area contributed by atoms with E-state index in [2.05, 4.69) is 20.1 Å². The molecular weight excluding hydrogens is 124 g/mol. The van der Waals surface area contributed by atoms with Crippen molar-refractivity contribution in [2.24, 2.45) is 0 Å². The van der Waals surface area contributed by atoms with E-state index in [0.717, 1.165) is 11.3 Å². The standard InChI is InChI=1S/C9H11O/c1-7-4-5-9(10-3)8(2)6-7/h4-6H,3H2,1-2H3. The summed E-state index contributed by atoms with van der Waals surface area (Å²) in [6, 6.07) is 6.01. The summed E-state index contributed by atoms with van der Waals surface area (Å²) in [4.78, 5) is 0. The zero-order chi connectivity index (χ0) is 7.56. The van der Waals surface area contributed by atoms with Gasteiger partial charge in [-0.15, -0.1) is 0 Å². The molecule has 0 aliphatic rings. The second kappa shape index (κ2) is 2.74. The van der Waals surface area contributed by atoms with Crippen molar-refractivity contribution in [3.63, 3.8) is 0 Å². The second-order valence-electron chi connectivity index (χ2n) is 2.41. The van der Waals surface area contributed by atoms with E-state index in [1.54, 1.807) is 0 Å². The highest BCUT2D eigenvalue weighted by molar-refractivity contribution is 5.35. The number of rotatable bonds is 1. The van der Waals surface area contributed by atoms with Crippen molar-refractivity contribution in [3.05, 3.63) is 36.4 Å². The molecule has 1 heteroatoms. The highest BCUT2D eigenvalue weighted by atomic mass is 16.5. The highest BCUT2D eigenvalue weighted by Crippen LogP contribution is 2.17. The molecule has 0 aliphatic carbocycles. The Morgan fingerprint density at radius 1 is 1.30 bits per heavy atom. The summed E-state index contributed by atoms with van der Waals surface area (Å²) < 4.78 is 4.85. The quantitative estimate of drug-likeness (QED) is 0.574. The molecule has 1 nitrogen and oxygen atoms in total. The van der Waals surface area contributed by atoms with E-state index in [0.29, 0.717) is 0 Å². The average molecular weight is 135 g/mol. The topological polar surface area (TPSA) is 9.23 Å². The number of aryl methyl sites for hydroxylation is 2. The van der Waals surface area contributed by atoms with Crippen LogP contribution in [0.3, 0.4) is 0 Å². The summed E-state index contributed by atoms with van der Waals surface area (Å²) >= 11 is 0. The average Bonchev–Trinajstić information content (AvgIpc) is 1.88. The van der Waals surface area contributed by atoms with Gasteiger partial charge >= 0.3 is 0 Å². The maximum Gasteiger partial charge on any atom is 0.122 e. The van der Waals surface area contributed by atoms with Crippen LogP contribution in [0.2, 0.25) is 0 Å². The lowest BCUT2D eigenvalue weighted by molar-refractivity contribution is 0.469. The van der Waals surface area contributed by atoms with Crippen molar-refractivity contribution in [1.29, 1.82) is 0 Å². The number of benzene rings is 1. The Bertz CT molecular complexity index is 228. The van der Waals surface area contributed by atoms with E-state index in [1.165, 1.54) is 5.56 Å². The van der Waals surface area contributed by atoms with Gasteiger partial charge in [-0.05, 0) is 25.5 Å². The molecule has 0 aliphatic heterocycles. The van der Waals surface area contributed by atoms with Gasteiger partial charge in [0.05, 0.1) is 0 Å². The molecule has 0 amide bonds. The monoisotopic (exact) mass is 135 g/mol. The molecule has 1 aromatic rings. The molecule has 0 heterocycles. The zero-order valence-corrected chi connectivity index (χ0v) is 6.35. The molecule has 0 atom stereocenters. The Kier molecular flexibility index (Phi) is 1.95. The molecule has 0 bridgehead atoms. The van der Waals surface area contributed by atoms with Crippen LogP contribution in [0.1, 0.15) is 11.1 Å². The summed E-state index contributed by atoms with van der Waals surface area (Å²) in [7, 11) is 3.35. The van der Waals surface area contributed by atoms with Gasteiger partial charge < -0.3 is 4.74 Å². The van der Waals surface area contributed by atoms with Crippen LogP contribution >= 0.6 is 0 Å². The van der Waals surface area contributed by atoms with E-state index >= 15 is 0 Å². The molecule has 1 aromatic carbocycles. The lowest BCUT2D eigenvalue weighted by Gasteiger charge is -2.03. The van der Waals surface area contributed by atoms with Crippen molar-refractivity contribution in [1.82, 2.24) is 0 Å². The molecule has 0 saturated heterocycles. The van der Waals surface area contributed by atoms with Crippen LogP contribution in [-0.2, 0) is 0 Å². The van der Waals surface area contributed by atoms with Gasteiger partial charge in [0, 0.05) is 0 Å². The van der Waals surface area contributed by atoms with Crippen LogP contribution in [-0.4, -0.2) is 0 Å². The summed E-state index contributed by atoms with van der Waals surface area (Å²) in [6.07, 6.45) is 0. The van der Waals surface area contributed by atoms with Crippen LogP contribution in [0.5, 0.6) is 5.75 Å². The summed E-state index contributed by atoms with van der Waals surface area (Å²) in [6.45, 7) is 4.06. The molecule has 0 unspecified atom stereocenters. The molecule has 10 heavy (non-hydrogen) atoms. The molecule has 0 N–H and O–H groups in total. The zero-order valence-electron chi connectivity index (χ0n) is 6.35. The lowest BCUT2D eigenvalue weighted by Crippen LogP contribution is -1.84. The van der Waals surface area contributed by atoms with Gasteiger partial charge in [0.25, 0.3) is 0 Å². The first-order valence-corrected chi connectivity index (χ1v) is 3.23. The summed E-state index contributed by atoms with van der Waals surface area (Å²) in [5.74, 6) is 0.852. The van der Waals surface area contributed by atoms with Crippen molar-refractivity contribution >= 4 is 0 Å². The van der Waals surface area contributed by atoms with Gasteiger partial charge in [-0.25, -0.2) is 0 Å². The van der Waals surface area contributed by atoms with Crippen LogP contribution in [0.25, 0.3) is 0 Å². The predicted octanol–water partition coefficient (Wildman–Crippen LogP) is 2.47. The predicted molar refractivity (Wildman–Crippen MR) is 41.9 cm³/mol. The molecule has 0 saturated carbocycles. The number of hydrogen-bond donors (Lipinski definition) is 0. The molecule has 0 spiro atoms. The number of ether oxygens (including phenoxy) is 1. The Hall–Kier alpha value is -0.980. The van der Waals surface area contributed by atoms with Gasteiger partial charge in [0.1, 0.15) is 12.9 Å². The smallest absolute Gasteiger partial charge is 0.122 e. The van der Waals surface area contributed by atoms with Crippen LogP contribution in [0.15, 0.2) is 18.2 Å². The minimum atomic E-state index is 0.852. The van der Waals surface area contributed by atoms with E-state index in [4.69, 9.17) is 4.74 Å². The van der Waals surface area contributed by atoms with Gasteiger partial charge in [0.2, 0.25) is 0 Å². The van der Waals surface area contributed by atoms with Crippen molar-refractivity contribution < 1.29 is 4.74 Å². The fourth-order valence-electron chi connectivity index (χ4n) is 0.961. The van der Waals surface area contributed by atoms with Gasteiger partial charge in [-0.3, -0.25) is 0 Å². The fourth-order valence-corrected chi connectivity index (χ4v) is 0.961. The van der Waals surface area contributed by atoms with Crippen LogP contribution in [0, 0.1) is 21.0 Å². The largest absolute Gasteiger partial charge is 0.490 e. The third-order valence-electron chi connectivity index (χ3n) is 1.49. The maximum absolute atomic E-state index is 4.85. The van der Waals surface area contributed by atoms with E-state index in [-0.39, 0.29) is 0 Å². The van der Waals surface area contributed by atoms with Gasteiger partial charge in [-0.2, -0.15) is 0 Å². The van der Waals surface area contributed by atoms with Crippen molar-refractivity contribution in [3.8, 4) is 5.75 Å². The Morgan fingerprint density at radius 3 is 2.50 bits per heavy atom. The number of hydrogen-bond acceptors (Lipinski definition) is 1. The van der Waals surface area contributed by atoms with Crippen LogP contribution < -0.4 is 4.74 Å². The Labute approximate surface area is 61.6 Å². The normalized spacial score (nSPS) is 9.50. The first kappa shape index (κ1) is 7.13. The van der Waals surface area contributed by atoms with E-state index in [9.17, 15) is 0 Å². The summed E-state index contributed by atoms with van der Waals surface area (Å²) in [5, 5.41) is 0. The summed E-state index contributed by atoms with van der Waals surface area (Å²) in [5.41, 5.74) is 2.38. The van der Waals surface area contributed by atoms with Crippen LogP contribution in [0.4, 0.5) is 0 Å². The lowest BCUT2D eigenvalue weighted by atomic mass is 10.1. The molecule has 1 rings (SSSR count). The maximum atomic E-state index is 4.85. The van der Waals surface area contributed by atoms with Crippen molar-refractivity contribution in [2.45, 2.75) is 13.8 Å². The minimum Gasteiger partial charge on any atom is -0.490 e. The molecule has 1 radical (unpaired) electrons. The Balaban J connectivity index is 3.07. The SMILES string of the molecule is [CH2]Oc1ccc(C)cc1C. The minimum absolute atomic E-state index is 0.852. The molecule has 0 fully saturated rings. The van der Waals surface area contributed by atoms with Gasteiger partial charge in [0.15, 0.2) is 0 Å². The first-order valence-electron chi connectivity index (χ1n) is 3.23. The van der Waals surface area contributed by atoms with E-state index in [1.807, 2.05) is 19.1 Å². The third kappa shape index (κ3) is 1.29.